The van der Waals surface area contributed by atoms with E-state index in [4.69, 9.17) is 10.9 Å². The van der Waals surface area contributed by atoms with Gasteiger partial charge in [0.15, 0.2) is 5.84 Å². The minimum atomic E-state index is -0.293. The van der Waals surface area contributed by atoms with Crippen LogP contribution in [0.25, 0.3) is 0 Å². The molecule has 0 bridgehead atoms. The average Bonchev–Trinajstić information content (AvgIpc) is 3.24. The Bertz CT molecular complexity index is 628. The molecule has 5 nitrogen and oxygen atoms in total. The number of benzene rings is 1. The molecule has 0 aliphatic carbocycles. The molecule has 1 atom stereocenters. The number of rotatable bonds is 13. The van der Waals surface area contributed by atoms with Gasteiger partial charge in [0.2, 0.25) is 0 Å². The molecule has 1 aliphatic rings. The molecule has 1 aromatic rings. The summed E-state index contributed by atoms with van der Waals surface area (Å²) >= 11 is 0. The first-order valence-corrected chi connectivity index (χ1v) is 11.5. The zero-order valence-electron chi connectivity index (χ0n) is 18.1. The van der Waals surface area contributed by atoms with E-state index in [9.17, 15) is 4.79 Å². The molecule has 1 saturated heterocycles. The van der Waals surface area contributed by atoms with Crippen molar-refractivity contribution in [3.8, 4) is 0 Å². The summed E-state index contributed by atoms with van der Waals surface area (Å²) in [7, 11) is 0. The second-order valence-corrected chi connectivity index (χ2v) is 8.31. The number of unbranched alkanes of at least 4 members (excludes halogenated alkanes) is 9. The number of aryl methyl sites for hydroxylation is 1. The number of carbonyl (C=O) groups excluding carboxylic acids is 1. The number of carbonyl (C=O) groups is 1. The Hall–Kier alpha value is -2.04. The lowest BCUT2D eigenvalue weighted by molar-refractivity contribution is 0.0768. The van der Waals surface area contributed by atoms with Crippen molar-refractivity contribution in [2.45, 2.75) is 96.4 Å². The minimum Gasteiger partial charge on any atom is -0.409 e. The molecular formula is C24H39N3O2. The van der Waals surface area contributed by atoms with Crippen molar-refractivity contribution >= 4 is 11.7 Å². The summed E-state index contributed by atoms with van der Waals surface area (Å²) in [5.41, 5.74) is 7.70. The summed E-state index contributed by atoms with van der Waals surface area (Å²) in [5.74, 6) is 0.0815. The van der Waals surface area contributed by atoms with Crippen molar-refractivity contribution in [2.24, 2.45) is 10.9 Å². The van der Waals surface area contributed by atoms with E-state index in [-0.39, 0.29) is 17.8 Å². The van der Waals surface area contributed by atoms with Crippen LogP contribution in [0.1, 0.15) is 99.9 Å². The molecule has 2 rings (SSSR count). The normalized spacial score (nSPS) is 17.1. The molecule has 0 unspecified atom stereocenters. The molecule has 1 aliphatic heterocycles. The minimum absolute atomic E-state index is 0.0374. The van der Waals surface area contributed by atoms with Gasteiger partial charge in [-0.15, -0.1) is 0 Å². The summed E-state index contributed by atoms with van der Waals surface area (Å²) in [6, 6.07) is 7.66. The molecule has 162 valence electrons. The summed E-state index contributed by atoms with van der Waals surface area (Å²) in [5, 5.41) is 12.0. The van der Waals surface area contributed by atoms with Crippen LogP contribution in [0, 0.1) is 0 Å². The van der Waals surface area contributed by atoms with Crippen LogP contribution in [-0.2, 0) is 6.42 Å². The maximum Gasteiger partial charge on any atom is 0.254 e. The monoisotopic (exact) mass is 401 g/mol. The van der Waals surface area contributed by atoms with E-state index in [0.717, 1.165) is 19.3 Å². The van der Waals surface area contributed by atoms with Gasteiger partial charge < -0.3 is 15.8 Å². The highest BCUT2D eigenvalue weighted by molar-refractivity contribution is 5.98. The molecule has 1 fully saturated rings. The fourth-order valence-corrected chi connectivity index (χ4v) is 4.18. The number of oxime groups is 1. The molecule has 0 radical (unpaired) electrons. The highest BCUT2D eigenvalue weighted by atomic mass is 16.4. The summed E-state index contributed by atoms with van der Waals surface area (Å²) in [6.07, 6.45) is 16.1. The molecule has 1 amide bonds. The SMILES string of the molecule is CCCCCCCCCCCCc1ccc(C(=O)N2CCC[C@@H]2/C(N)=N/O)cc1. The van der Waals surface area contributed by atoms with Gasteiger partial charge in [-0.05, 0) is 43.4 Å². The van der Waals surface area contributed by atoms with Crippen LogP contribution >= 0.6 is 0 Å². The third-order valence-corrected chi connectivity index (χ3v) is 5.99. The van der Waals surface area contributed by atoms with Gasteiger partial charge in [-0.2, -0.15) is 0 Å². The first-order chi connectivity index (χ1) is 14.2. The third-order valence-electron chi connectivity index (χ3n) is 5.99. The van der Waals surface area contributed by atoms with E-state index in [1.165, 1.54) is 69.8 Å². The molecular weight excluding hydrogens is 362 g/mol. The summed E-state index contributed by atoms with van der Waals surface area (Å²) in [4.78, 5) is 14.5. The number of amidine groups is 1. The number of nitrogens with zero attached hydrogens (tertiary/aromatic N) is 2. The van der Waals surface area contributed by atoms with E-state index in [1.54, 1.807) is 4.90 Å². The molecule has 1 aromatic carbocycles. The maximum absolute atomic E-state index is 12.8. The van der Waals surface area contributed by atoms with Crippen molar-refractivity contribution in [2.75, 3.05) is 6.54 Å². The van der Waals surface area contributed by atoms with Crippen molar-refractivity contribution in [3.05, 3.63) is 35.4 Å². The molecule has 1 heterocycles. The lowest BCUT2D eigenvalue weighted by atomic mass is 10.0. The zero-order valence-corrected chi connectivity index (χ0v) is 18.1. The first kappa shape index (κ1) is 23.2. The number of hydrogen-bond acceptors (Lipinski definition) is 3. The van der Waals surface area contributed by atoms with Crippen molar-refractivity contribution in [3.63, 3.8) is 0 Å². The predicted molar refractivity (Wildman–Crippen MR) is 119 cm³/mol. The third kappa shape index (κ3) is 7.71. The first-order valence-electron chi connectivity index (χ1n) is 11.5. The van der Waals surface area contributed by atoms with Gasteiger partial charge in [-0.3, -0.25) is 4.79 Å². The Balaban J connectivity index is 1.66. The maximum atomic E-state index is 12.8. The van der Waals surface area contributed by atoms with Crippen LogP contribution in [0.5, 0.6) is 0 Å². The van der Waals surface area contributed by atoms with E-state index in [0.29, 0.717) is 12.1 Å². The van der Waals surface area contributed by atoms with Crippen LogP contribution in [0.15, 0.2) is 29.4 Å². The number of nitrogens with two attached hydrogens (primary N) is 1. The van der Waals surface area contributed by atoms with Crippen molar-refractivity contribution in [1.82, 2.24) is 4.90 Å². The standard InChI is InChI=1S/C24H39N3O2/c1-2-3-4-5-6-7-8-9-10-11-13-20-15-17-21(18-16-20)24(28)27-19-12-14-22(27)23(25)26-29/h15-18,22,29H,2-14,19H2,1H3,(H2,25,26)/t22-/m1/s1. The number of hydrogen-bond donors (Lipinski definition) is 2. The Morgan fingerprint density at radius 2 is 1.62 bits per heavy atom. The molecule has 29 heavy (non-hydrogen) atoms. The lowest BCUT2D eigenvalue weighted by Crippen LogP contribution is -2.43. The highest BCUT2D eigenvalue weighted by Crippen LogP contribution is 2.21. The Labute approximate surface area is 176 Å². The van der Waals surface area contributed by atoms with Crippen LogP contribution in [0.3, 0.4) is 0 Å². The second-order valence-electron chi connectivity index (χ2n) is 8.31. The number of likely N-dealkylation sites (tertiary alicyclic amines) is 1. The van der Waals surface area contributed by atoms with Gasteiger partial charge >= 0.3 is 0 Å². The van der Waals surface area contributed by atoms with Crippen LogP contribution in [-0.4, -0.2) is 34.4 Å². The smallest absolute Gasteiger partial charge is 0.254 e. The van der Waals surface area contributed by atoms with Crippen LogP contribution < -0.4 is 5.73 Å². The fourth-order valence-electron chi connectivity index (χ4n) is 4.18. The van der Waals surface area contributed by atoms with Crippen molar-refractivity contribution < 1.29 is 10.0 Å². The zero-order chi connectivity index (χ0) is 20.9. The second kappa shape index (κ2) is 13.2. The lowest BCUT2D eigenvalue weighted by Gasteiger charge is -2.23. The van der Waals surface area contributed by atoms with E-state index in [1.807, 2.05) is 12.1 Å². The molecule has 0 spiro atoms. The van der Waals surface area contributed by atoms with E-state index < -0.39 is 0 Å². The van der Waals surface area contributed by atoms with Gasteiger partial charge in [0.05, 0.1) is 6.04 Å². The molecule has 5 heteroatoms. The van der Waals surface area contributed by atoms with Gasteiger partial charge in [-0.1, -0.05) is 82.0 Å². The average molecular weight is 402 g/mol. The Kier molecular flexibility index (Phi) is 10.6. The molecule has 0 aromatic heterocycles. The van der Waals surface area contributed by atoms with Gasteiger partial charge in [0.1, 0.15) is 0 Å². The van der Waals surface area contributed by atoms with Gasteiger partial charge in [0, 0.05) is 12.1 Å². The quantitative estimate of drug-likeness (QED) is 0.151. The van der Waals surface area contributed by atoms with Crippen molar-refractivity contribution in [1.29, 1.82) is 0 Å². The van der Waals surface area contributed by atoms with Gasteiger partial charge in [-0.25, -0.2) is 0 Å². The molecule has 0 saturated carbocycles. The van der Waals surface area contributed by atoms with Gasteiger partial charge in [0.25, 0.3) is 5.91 Å². The Morgan fingerprint density at radius 1 is 1.03 bits per heavy atom. The summed E-state index contributed by atoms with van der Waals surface area (Å²) < 4.78 is 0. The Morgan fingerprint density at radius 3 is 2.21 bits per heavy atom. The summed E-state index contributed by atoms with van der Waals surface area (Å²) in [6.45, 7) is 2.92. The van der Waals surface area contributed by atoms with Crippen LogP contribution in [0.4, 0.5) is 0 Å². The van der Waals surface area contributed by atoms with E-state index >= 15 is 0 Å². The van der Waals surface area contributed by atoms with E-state index in [2.05, 4.69) is 24.2 Å². The number of amides is 1. The highest BCUT2D eigenvalue weighted by Gasteiger charge is 2.32. The fraction of sp³-hybridized carbons (Fsp3) is 0.667. The predicted octanol–water partition coefficient (Wildman–Crippen LogP) is 5.50. The largest absolute Gasteiger partial charge is 0.409 e. The molecule has 3 N–H and O–H groups in total. The topological polar surface area (TPSA) is 78.9 Å². The van der Waals surface area contributed by atoms with Crippen LogP contribution in [0.2, 0.25) is 0 Å².